The lowest BCUT2D eigenvalue weighted by atomic mass is 10.1. The Morgan fingerprint density at radius 1 is 1.33 bits per heavy atom. The van der Waals surface area contributed by atoms with E-state index in [0.29, 0.717) is 22.3 Å². The molecule has 0 aliphatic carbocycles. The van der Waals surface area contributed by atoms with E-state index in [-0.39, 0.29) is 17.1 Å². The van der Waals surface area contributed by atoms with Crippen molar-refractivity contribution in [2.24, 2.45) is 10.1 Å². The average molecular weight is 423 g/mol. The number of carbonyl (C=O) groups excluding carboxylic acids is 1. The summed E-state index contributed by atoms with van der Waals surface area (Å²) in [5.74, 6) is 0.169. The van der Waals surface area contributed by atoms with Gasteiger partial charge in [0.1, 0.15) is 16.6 Å². The van der Waals surface area contributed by atoms with E-state index in [1.54, 1.807) is 24.3 Å². The Balaban J connectivity index is 1.60. The number of non-ortho nitro benzene ring substituents is 1. The van der Waals surface area contributed by atoms with Crippen LogP contribution in [-0.2, 0) is 4.79 Å². The van der Waals surface area contributed by atoms with Crippen molar-refractivity contribution in [3.8, 4) is 11.3 Å². The number of hydrazone groups is 1. The van der Waals surface area contributed by atoms with Gasteiger partial charge in [-0.25, -0.2) is 0 Å². The van der Waals surface area contributed by atoms with Crippen LogP contribution in [0.2, 0.25) is 0 Å². The zero-order valence-electron chi connectivity index (χ0n) is 16.0. The van der Waals surface area contributed by atoms with Gasteiger partial charge < -0.3 is 4.42 Å². The van der Waals surface area contributed by atoms with Gasteiger partial charge in [-0.05, 0) is 42.8 Å². The largest absolute Gasteiger partial charge is 0.457 e. The number of hydrogen-bond donors (Lipinski definition) is 1. The molecule has 9 nitrogen and oxygen atoms in total. The minimum Gasteiger partial charge on any atom is -0.457 e. The Hall–Kier alpha value is -3.53. The van der Waals surface area contributed by atoms with Crippen molar-refractivity contribution in [1.29, 1.82) is 5.41 Å². The van der Waals surface area contributed by atoms with Crippen LogP contribution in [-0.4, -0.2) is 31.9 Å². The number of amidine groups is 2. The van der Waals surface area contributed by atoms with E-state index in [1.807, 2.05) is 0 Å². The number of amides is 1. The number of fused-ring (bicyclic) bond motifs is 1. The first-order valence-electron chi connectivity index (χ1n) is 9.30. The Morgan fingerprint density at radius 3 is 2.93 bits per heavy atom. The van der Waals surface area contributed by atoms with Crippen LogP contribution in [0.25, 0.3) is 17.4 Å². The summed E-state index contributed by atoms with van der Waals surface area (Å²) in [6.45, 7) is 2.09. The smallest absolute Gasteiger partial charge is 0.283 e. The van der Waals surface area contributed by atoms with Crippen molar-refractivity contribution in [1.82, 2.24) is 5.01 Å². The van der Waals surface area contributed by atoms with Crippen molar-refractivity contribution in [2.45, 2.75) is 26.2 Å². The fourth-order valence-corrected chi connectivity index (χ4v) is 3.89. The topological polar surface area (TPSA) is 125 Å². The van der Waals surface area contributed by atoms with Crippen LogP contribution in [0.3, 0.4) is 0 Å². The van der Waals surface area contributed by atoms with Crippen LogP contribution in [0, 0.1) is 15.5 Å². The number of rotatable bonds is 6. The number of carbonyl (C=O) groups is 1. The predicted molar refractivity (Wildman–Crippen MR) is 115 cm³/mol. The molecule has 2 aliphatic heterocycles. The van der Waals surface area contributed by atoms with Crippen molar-refractivity contribution in [2.75, 3.05) is 0 Å². The maximum absolute atomic E-state index is 12.5. The lowest BCUT2D eigenvalue weighted by molar-refractivity contribution is -0.384. The van der Waals surface area contributed by atoms with Gasteiger partial charge in [0.25, 0.3) is 11.6 Å². The van der Waals surface area contributed by atoms with E-state index in [2.05, 4.69) is 17.0 Å². The number of nitrogens with zero attached hydrogens (tertiary/aromatic N) is 4. The van der Waals surface area contributed by atoms with Crippen LogP contribution < -0.4 is 0 Å². The number of thioether (sulfide) groups is 1. The predicted octanol–water partition coefficient (Wildman–Crippen LogP) is 4.66. The van der Waals surface area contributed by atoms with Gasteiger partial charge in [0, 0.05) is 17.7 Å². The molecule has 1 aromatic heterocycles. The first-order valence-corrected chi connectivity index (χ1v) is 10.1. The lowest BCUT2D eigenvalue weighted by Gasteiger charge is -2.19. The van der Waals surface area contributed by atoms with E-state index in [1.165, 1.54) is 35.0 Å². The molecule has 2 aromatic rings. The maximum atomic E-state index is 12.5. The number of nitrogens with one attached hydrogen (secondary N) is 1. The summed E-state index contributed by atoms with van der Waals surface area (Å²) < 4.78 is 5.73. The molecule has 0 spiro atoms. The highest BCUT2D eigenvalue weighted by Gasteiger charge is 2.35. The number of unbranched alkanes of at least 4 members (excludes halogenated alkanes) is 1. The number of nitro groups is 1. The van der Waals surface area contributed by atoms with Gasteiger partial charge in [0.15, 0.2) is 5.84 Å². The second-order valence-electron chi connectivity index (χ2n) is 6.63. The van der Waals surface area contributed by atoms with E-state index < -0.39 is 10.8 Å². The molecular formula is C20H17N5O4S. The summed E-state index contributed by atoms with van der Waals surface area (Å²) in [4.78, 5) is 27.0. The second-order valence-corrected chi connectivity index (χ2v) is 7.67. The summed E-state index contributed by atoms with van der Waals surface area (Å²) in [7, 11) is 0. The second kappa shape index (κ2) is 8.07. The van der Waals surface area contributed by atoms with E-state index in [9.17, 15) is 14.9 Å². The molecule has 1 aromatic carbocycles. The van der Waals surface area contributed by atoms with Crippen molar-refractivity contribution in [3.05, 3.63) is 57.8 Å². The first kappa shape index (κ1) is 19.8. The first-order chi connectivity index (χ1) is 14.5. The Bertz CT molecular complexity index is 1150. The van der Waals surface area contributed by atoms with Crippen LogP contribution in [0.1, 0.15) is 31.9 Å². The van der Waals surface area contributed by atoms with Crippen molar-refractivity contribution in [3.63, 3.8) is 0 Å². The molecule has 2 aliphatic rings. The molecule has 0 atom stereocenters. The van der Waals surface area contributed by atoms with Crippen LogP contribution >= 0.6 is 11.8 Å². The SMILES string of the molecule is CCCCC1=NN2C(=N)/C(=C/c3ccc(-c4cccc([N+](=O)[O-])c4)o3)C(=O)N=C2S1. The minimum absolute atomic E-state index is 0.0434. The van der Waals surface area contributed by atoms with E-state index in [0.717, 1.165) is 24.3 Å². The molecule has 152 valence electrons. The molecule has 0 saturated carbocycles. The van der Waals surface area contributed by atoms with Gasteiger partial charge >= 0.3 is 0 Å². The Labute approximate surface area is 175 Å². The summed E-state index contributed by atoms with van der Waals surface area (Å²) in [6, 6.07) is 9.37. The summed E-state index contributed by atoms with van der Waals surface area (Å²) in [5.41, 5.74) is 0.568. The molecule has 0 saturated heterocycles. The maximum Gasteiger partial charge on any atom is 0.283 e. The molecule has 1 amide bonds. The Morgan fingerprint density at radius 2 is 2.17 bits per heavy atom. The van der Waals surface area contributed by atoms with Gasteiger partial charge in [0.2, 0.25) is 5.17 Å². The molecule has 4 rings (SSSR count). The van der Waals surface area contributed by atoms with Crippen molar-refractivity contribution >= 4 is 45.5 Å². The molecule has 0 radical (unpaired) electrons. The third kappa shape index (κ3) is 3.81. The molecule has 30 heavy (non-hydrogen) atoms. The van der Waals surface area contributed by atoms with E-state index >= 15 is 0 Å². The van der Waals surface area contributed by atoms with Gasteiger partial charge in [-0.15, -0.1) is 0 Å². The summed E-state index contributed by atoms with van der Waals surface area (Å²) in [6.07, 6.45) is 4.22. The monoisotopic (exact) mass is 423 g/mol. The van der Waals surface area contributed by atoms with E-state index in [4.69, 9.17) is 9.83 Å². The van der Waals surface area contributed by atoms with Crippen LogP contribution in [0.5, 0.6) is 0 Å². The highest BCUT2D eigenvalue weighted by atomic mass is 32.2. The number of nitro benzene ring substituents is 1. The van der Waals surface area contributed by atoms with Gasteiger partial charge in [-0.2, -0.15) is 15.1 Å². The van der Waals surface area contributed by atoms with Crippen molar-refractivity contribution < 1.29 is 14.1 Å². The lowest BCUT2D eigenvalue weighted by Crippen LogP contribution is -2.35. The fourth-order valence-electron chi connectivity index (χ4n) is 2.96. The van der Waals surface area contributed by atoms with Crippen LogP contribution in [0.15, 0.2) is 56.5 Å². The van der Waals surface area contributed by atoms with Gasteiger partial charge in [0.05, 0.1) is 10.5 Å². The number of benzene rings is 1. The third-order valence-corrected chi connectivity index (χ3v) is 5.46. The van der Waals surface area contributed by atoms with Crippen LogP contribution in [0.4, 0.5) is 5.69 Å². The fraction of sp³-hybridized carbons (Fsp3) is 0.200. The molecular weight excluding hydrogens is 406 g/mol. The third-order valence-electron chi connectivity index (χ3n) is 4.50. The Kier molecular flexibility index (Phi) is 5.32. The molecule has 1 N–H and O–H groups in total. The molecule has 0 unspecified atom stereocenters. The highest BCUT2D eigenvalue weighted by molar-refractivity contribution is 8.26. The molecule has 0 bridgehead atoms. The average Bonchev–Trinajstić information content (AvgIpc) is 3.36. The molecule has 3 heterocycles. The zero-order valence-corrected chi connectivity index (χ0v) is 16.8. The molecule has 0 fully saturated rings. The standard InChI is InChI=1S/C20H17N5O4S/c1-2-3-7-17-23-24-18(21)15(19(26)22-20(24)30-17)11-14-8-9-16(29-14)12-5-4-6-13(10-12)25(27)28/h4-6,8-11,21H,2-3,7H2,1H3/b15-11-,21-18?. The summed E-state index contributed by atoms with van der Waals surface area (Å²) in [5, 5.41) is 26.4. The summed E-state index contributed by atoms with van der Waals surface area (Å²) >= 11 is 1.31. The number of hydrogen-bond acceptors (Lipinski definition) is 7. The quantitative estimate of drug-likeness (QED) is 0.409. The number of furan rings is 1. The normalized spacial score (nSPS) is 17.2. The zero-order chi connectivity index (χ0) is 21.3. The van der Waals surface area contributed by atoms with Gasteiger partial charge in [-0.3, -0.25) is 20.3 Å². The number of aliphatic imine (C=N–C) groups is 1. The van der Waals surface area contributed by atoms with Gasteiger partial charge in [-0.1, -0.05) is 25.5 Å². The molecule has 10 heteroatoms. The highest BCUT2D eigenvalue weighted by Crippen LogP contribution is 2.31. The minimum atomic E-state index is -0.529.